The van der Waals surface area contributed by atoms with Gasteiger partial charge in [0.15, 0.2) is 0 Å². The summed E-state index contributed by atoms with van der Waals surface area (Å²) in [6.07, 6.45) is 0.396. The van der Waals surface area contributed by atoms with Crippen LogP contribution in [0.3, 0.4) is 0 Å². The van der Waals surface area contributed by atoms with Gasteiger partial charge >= 0.3 is 0 Å². The van der Waals surface area contributed by atoms with E-state index < -0.39 is 0 Å². The summed E-state index contributed by atoms with van der Waals surface area (Å²) in [5.74, 6) is 0. The van der Waals surface area contributed by atoms with Crippen LogP contribution in [0.5, 0.6) is 0 Å². The molecule has 1 amide bonds. The summed E-state index contributed by atoms with van der Waals surface area (Å²) in [4.78, 5) is 9.14. The van der Waals surface area contributed by atoms with Crippen molar-refractivity contribution in [3.8, 4) is 0 Å². The smallest absolute Gasteiger partial charge is 0.0403 e. The fourth-order valence-corrected chi connectivity index (χ4v) is 0.0745. The first-order chi connectivity index (χ1) is 2.41. The summed E-state index contributed by atoms with van der Waals surface area (Å²) in [5.41, 5.74) is 1.02. The number of rotatable bonds is 2. The Kier molecular flexibility index (Phi) is 35.6. The van der Waals surface area contributed by atoms with Gasteiger partial charge in [0.2, 0.25) is 0 Å². The van der Waals surface area contributed by atoms with Crippen LogP contribution in [0.25, 0.3) is 5.32 Å². The van der Waals surface area contributed by atoms with E-state index in [0.29, 0.717) is 6.41 Å². The van der Waals surface area contributed by atoms with Gasteiger partial charge in [-0.25, -0.2) is 0 Å². The normalized spacial score (nSPS) is 4.00. The summed E-state index contributed by atoms with van der Waals surface area (Å²) >= 11 is 4.13. The maximum absolute atomic E-state index is 9.14. The first kappa shape index (κ1) is 15.6. The number of carbonyl (C=O) groups excluding carboxylic acids is 1. The molecule has 0 fully saturated rings. The Balaban J connectivity index is -0.0000000800. The summed E-state index contributed by atoms with van der Waals surface area (Å²) in [5, 5.41) is 2.98. The molecule has 39 valence electrons. The second-order valence-corrected chi connectivity index (χ2v) is 0.571. The van der Waals surface area contributed by atoms with Gasteiger partial charge in [-0.1, -0.05) is 0 Å². The van der Waals surface area contributed by atoms with Gasteiger partial charge in [-0.15, -0.1) is 17.7 Å². The standard InChI is InChI=1S/C2H3NOS.CH3.Y/c4-1-3-2-5;;/h1-2H,(H,3,4,5);1H3;/q;-1;/p-1. The Morgan fingerprint density at radius 2 is 2.00 bits per heavy atom. The van der Waals surface area contributed by atoms with Gasteiger partial charge in [0, 0.05) is 39.1 Å². The molecule has 0 atom stereocenters. The average molecular weight is 192 g/mol. The van der Waals surface area contributed by atoms with E-state index in [4.69, 9.17) is 4.79 Å². The number of amides is 1. The van der Waals surface area contributed by atoms with Crippen LogP contribution in [0.2, 0.25) is 0 Å². The Morgan fingerprint density at radius 3 is 2.00 bits per heavy atom. The van der Waals surface area contributed by atoms with E-state index >= 15 is 0 Å². The van der Waals surface area contributed by atoms with Gasteiger partial charge in [-0.2, -0.15) is 0 Å². The van der Waals surface area contributed by atoms with Crippen LogP contribution in [0.15, 0.2) is 0 Å². The molecule has 2 nitrogen and oxygen atoms in total. The Morgan fingerprint density at radius 1 is 1.57 bits per heavy atom. The molecule has 0 aromatic carbocycles. The quantitative estimate of drug-likeness (QED) is 0.370. The Labute approximate surface area is 73.9 Å². The van der Waals surface area contributed by atoms with Crippen molar-refractivity contribution in [2.45, 2.75) is 0 Å². The SMILES string of the molecule is O=C[N-]C=S.[CH3-].[Y]. The van der Waals surface area contributed by atoms with Gasteiger partial charge in [0.1, 0.15) is 0 Å². The van der Waals surface area contributed by atoms with E-state index in [1.807, 2.05) is 0 Å². The molecular weight excluding hydrogens is 187 g/mol. The van der Waals surface area contributed by atoms with Crippen LogP contribution in [0.4, 0.5) is 0 Å². The molecule has 1 radical (unpaired) electrons. The first-order valence-electron chi connectivity index (χ1n) is 0.988. The Bertz CT molecular complexity index is 44.2. The van der Waals surface area contributed by atoms with E-state index in [1.54, 1.807) is 0 Å². The van der Waals surface area contributed by atoms with Crippen molar-refractivity contribution in [1.29, 1.82) is 0 Å². The molecule has 0 aliphatic heterocycles. The fourth-order valence-electron chi connectivity index (χ4n) is 0.0248. The Hall–Kier alpha value is 0.664. The zero-order valence-electron chi connectivity index (χ0n) is 4.00. The van der Waals surface area contributed by atoms with Crippen molar-refractivity contribution < 1.29 is 37.5 Å². The maximum Gasteiger partial charge on any atom is 0.0403 e. The molecule has 0 aromatic rings. The van der Waals surface area contributed by atoms with E-state index in [1.165, 1.54) is 0 Å². The van der Waals surface area contributed by atoms with Crippen molar-refractivity contribution in [2.75, 3.05) is 0 Å². The third-order valence-corrected chi connectivity index (χ3v) is 0.243. The molecule has 7 heavy (non-hydrogen) atoms. The third kappa shape index (κ3) is 20.4. The average Bonchev–Trinajstić information content (AvgIpc) is 1.41. The van der Waals surface area contributed by atoms with Crippen LogP contribution in [-0.2, 0) is 37.5 Å². The molecule has 0 rings (SSSR count). The first-order valence-corrected chi connectivity index (χ1v) is 1.46. The van der Waals surface area contributed by atoms with Crippen molar-refractivity contribution in [2.24, 2.45) is 0 Å². The second-order valence-electron chi connectivity index (χ2n) is 0.360. The molecule has 0 spiro atoms. The van der Waals surface area contributed by atoms with Crippen LogP contribution in [-0.4, -0.2) is 11.9 Å². The number of carbonyl (C=O) groups is 1. The van der Waals surface area contributed by atoms with Gasteiger partial charge in [-0.3, -0.25) is 0 Å². The summed E-state index contributed by atoms with van der Waals surface area (Å²) in [6, 6.07) is 0. The number of hydrogen-bond acceptors (Lipinski definition) is 2. The van der Waals surface area contributed by atoms with E-state index in [-0.39, 0.29) is 40.1 Å². The number of thiocarbonyl (C=S) groups is 1. The van der Waals surface area contributed by atoms with Gasteiger partial charge in [0.25, 0.3) is 0 Å². The molecule has 0 aromatic heterocycles. The number of hydrogen-bond donors (Lipinski definition) is 0. The number of nitrogens with zero attached hydrogens (tertiary/aromatic N) is 1. The molecule has 0 aliphatic carbocycles. The molecule has 0 heterocycles. The fraction of sp³-hybridized carbons (Fsp3) is 0. The van der Waals surface area contributed by atoms with E-state index in [2.05, 4.69) is 17.5 Å². The van der Waals surface area contributed by atoms with Crippen LogP contribution in [0.1, 0.15) is 0 Å². The largest absolute Gasteiger partial charge is 0.627 e. The second kappa shape index (κ2) is 15.9. The van der Waals surface area contributed by atoms with Gasteiger partial charge in [0.05, 0.1) is 0 Å². The predicted molar refractivity (Wildman–Crippen MR) is 29.5 cm³/mol. The van der Waals surface area contributed by atoms with Crippen LogP contribution < -0.4 is 0 Å². The molecule has 0 bridgehead atoms. The molecule has 4 heteroatoms. The molecule has 0 unspecified atom stereocenters. The summed E-state index contributed by atoms with van der Waals surface area (Å²) in [7, 11) is 0. The monoisotopic (exact) mass is 192 g/mol. The molecular formula is C3H5NOSY-2. The molecule has 0 saturated carbocycles. The van der Waals surface area contributed by atoms with Crippen LogP contribution >= 0.6 is 12.2 Å². The van der Waals surface area contributed by atoms with Crippen LogP contribution in [0, 0.1) is 7.43 Å². The minimum absolute atomic E-state index is 0. The minimum atomic E-state index is 0. The summed E-state index contributed by atoms with van der Waals surface area (Å²) < 4.78 is 0. The van der Waals surface area contributed by atoms with E-state index in [9.17, 15) is 0 Å². The van der Waals surface area contributed by atoms with Gasteiger partial charge in [-0.05, 0) is 0 Å². The molecule has 0 aliphatic rings. The summed E-state index contributed by atoms with van der Waals surface area (Å²) in [6.45, 7) is 0. The zero-order valence-corrected chi connectivity index (χ0v) is 7.65. The third-order valence-electron chi connectivity index (χ3n) is 0.122. The maximum atomic E-state index is 9.14. The van der Waals surface area contributed by atoms with Crippen molar-refractivity contribution >= 4 is 24.1 Å². The topological polar surface area (TPSA) is 31.2 Å². The molecule has 0 saturated heterocycles. The minimum Gasteiger partial charge on any atom is -0.627 e. The molecule has 0 N–H and O–H groups in total. The van der Waals surface area contributed by atoms with E-state index in [0.717, 1.165) is 5.49 Å². The van der Waals surface area contributed by atoms with Crippen molar-refractivity contribution in [1.82, 2.24) is 0 Å². The van der Waals surface area contributed by atoms with Crippen molar-refractivity contribution in [3.05, 3.63) is 12.7 Å². The predicted octanol–water partition coefficient (Wildman–Crippen LogP) is 0.921. The van der Waals surface area contributed by atoms with Crippen molar-refractivity contribution in [3.63, 3.8) is 0 Å². The van der Waals surface area contributed by atoms with Gasteiger partial charge < -0.3 is 17.5 Å². The zero-order chi connectivity index (χ0) is 4.12.